The van der Waals surface area contributed by atoms with E-state index in [9.17, 15) is 4.79 Å². The monoisotopic (exact) mass is 217 g/mol. The van der Waals surface area contributed by atoms with Gasteiger partial charge in [0.25, 0.3) is 0 Å². The van der Waals surface area contributed by atoms with Crippen LogP contribution in [0.2, 0.25) is 0 Å². The maximum Gasteiger partial charge on any atom is 0.240 e. The Morgan fingerprint density at radius 1 is 1.50 bits per heavy atom. The summed E-state index contributed by atoms with van der Waals surface area (Å²) in [6.45, 7) is 5.78. The Morgan fingerprint density at radius 3 is 2.79 bits per heavy atom. The molecular weight excluding hydrogens is 198 g/mol. The van der Waals surface area contributed by atoms with Gasteiger partial charge in [-0.2, -0.15) is 0 Å². The molecule has 0 aliphatic carbocycles. The van der Waals surface area contributed by atoms with Gasteiger partial charge in [-0.05, 0) is 32.1 Å². The number of alkyl halides is 1. The third kappa shape index (κ3) is 3.16. The Labute approximate surface area is 91.6 Å². The smallest absolute Gasteiger partial charge is 0.240 e. The molecule has 0 spiro atoms. The Morgan fingerprint density at radius 2 is 2.21 bits per heavy atom. The van der Waals surface area contributed by atoms with Crippen molar-refractivity contribution in [3.63, 3.8) is 0 Å². The van der Waals surface area contributed by atoms with Gasteiger partial charge in [-0.1, -0.05) is 13.3 Å². The van der Waals surface area contributed by atoms with Crippen LogP contribution in [0.15, 0.2) is 0 Å². The van der Waals surface area contributed by atoms with Crippen LogP contribution in [0.1, 0.15) is 39.5 Å². The van der Waals surface area contributed by atoms with Crippen molar-refractivity contribution in [2.45, 2.75) is 44.9 Å². The molecule has 0 N–H and O–H groups in total. The van der Waals surface area contributed by atoms with Crippen LogP contribution in [-0.4, -0.2) is 29.3 Å². The highest BCUT2D eigenvalue weighted by Crippen LogP contribution is 2.20. The van der Waals surface area contributed by atoms with E-state index in [2.05, 4.69) is 6.92 Å². The number of nitrogens with zero attached hydrogens (tertiary/aromatic N) is 1. The fourth-order valence-electron chi connectivity index (χ4n) is 2.05. The van der Waals surface area contributed by atoms with Gasteiger partial charge in [0, 0.05) is 13.1 Å². The van der Waals surface area contributed by atoms with E-state index in [4.69, 9.17) is 11.6 Å². The molecule has 1 aliphatic rings. The molecule has 0 radical (unpaired) electrons. The van der Waals surface area contributed by atoms with Crippen molar-refractivity contribution in [3.05, 3.63) is 0 Å². The van der Waals surface area contributed by atoms with Crippen molar-refractivity contribution in [2.24, 2.45) is 5.92 Å². The zero-order chi connectivity index (χ0) is 10.6. The molecule has 14 heavy (non-hydrogen) atoms. The molecule has 0 aromatic heterocycles. The van der Waals surface area contributed by atoms with Crippen molar-refractivity contribution >= 4 is 17.5 Å². The van der Waals surface area contributed by atoms with E-state index in [0.29, 0.717) is 0 Å². The maximum atomic E-state index is 11.6. The van der Waals surface area contributed by atoms with Gasteiger partial charge in [-0.25, -0.2) is 0 Å². The molecule has 1 amide bonds. The van der Waals surface area contributed by atoms with Crippen molar-refractivity contribution in [2.75, 3.05) is 13.1 Å². The van der Waals surface area contributed by atoms with Gasteiger partial charge < -0.3 is 4.90 Å². The molecular formula is C11H20ClNO. The molecule has 82 valence electrons. The summed E-state index contributed by atoms with van der Waals surface area (Å²) in [6.07, 6.45) is 4.77. The summed E-state index contributed by atoms with van der Waals surface area (Å²) in [5, 5.41) is -0.367. The molecule has 1 heterocycles. The second-order valence-corrected chi connectivity index (χ2v) is 4.80. The maximum absolute atomic E-state index is 11.6. The van der Waals surface area contributed by atoms with Crippen molar-refractivity contribution in [3.8, 4) is 0 Å². The van der Waals surface area contributed by atoms with Gasteiger partial charge in [-0.15, -0.1) is 11.6 Å². The molecule has 1 rings (SSSR count). The Balaban J connectivity index is 2.45. The first-order valence-electron chi connectivity index (χ1n) is 5.58. The number of likely N-dealkylation sites (tertiary alicyclic amines) is 1. The number of rotatable bonds is 2. The average molecular weight is 218 g/mol. The van der Waals surface area contributed by atoms with Crippen LogP contribution in [0.3, 0.4) is 0 Å². The standard InChI is InChI=1S/C11H20ClNO/c1-3-10-5-4-7-13(8-6-10)11(14)9(2)12/h9-10H,3-8H2,1-2H3. The van der Waals surface area contributed by atoms with E-state index < -0.39 is 0 Å². The number of hydrogen-bond acceptors (Lipinski definition) is 1. The van der Waals surface area contributed by atoms with E-state index in [1.807, 2.05) is 4.90 Å². The van der Waals surface area contributed by atoms with Crippen molar-refractivity contribution in [1.29, 1.82) is 0 Å². The molecule has 2 unspecified atom stereocenters. The minimum atomic E-state index is -0.367. The second-order valence-electron chi connectivity index (χ2n) is 4.15. The fourth-order valence-corrected chi connectivity index (χ4v) is 2.18. The second kappa shape index (κ2) is 5.59. The summed E-state index contributed by atoms with van der Waals surface area (Å²) in [5.41, 5.74) is 0. The lowest BCUT2D eigenvalue weighted by Crippen LogP contribution is -2.36. The first-order valence-corrected chi connectivity index (χ1v) is 6.01. The Hall–Kier alpha value is -0.240. The number of halogens is 1. The van der Waals surface area contributed by atoms with Crippen LogP contribution < -0.4 is 0 Å². The Kier molecular flexibility index (Phi) is 4.73. The number of carbonyl (C=O) groups excluding carboxylic acids is 1. The van der Waals surface area contributed by atoms with E-state index in [1.165, 1.54) is 12.8 Å². The summed E-state index contributed by atoms with van der Waals surface area (Å²) in [6, 6.07) is 0. The number of carbonyl (C=O) groups is 1. The lowest BCUT2D eigenvalue weighted by atomic mass is 9.98. The fraction of sp³-hybridized carbons (Fsp3) is 0.909. The highest BCUT2D eigenvalue weighted by molar-refractivity contribution is 6.30. The molecule has 1 fully saturated rings. The number of amides is 1. The predicted octanol–water partition coefficient (Wildman–Crippen LogP) is 2.65. The van der Waals surface area contributed by atoms with Crippen LogP contribution in [-0.2, 0) is 4.79 Å². The highest BCUT2D eigenvalue weighted by atomic mass is 35.5. The van der Waals surface area contributed by atoms with Crippen molar-refractivity contribution in [1.82, 2.24) is 4.90 Å². The van der Waals surface area contributed by atoms with Crippen molar-refractivity contribution < 1.29 is 4.79 Å². The van der Waals surface area contributed by atoms with E-state index in [1.54, 1.807) is 6.92 Å². The molecule has 1 aliphatic heterocycles. The quantitative estimate of drug-likeness (QED) is 0.652. The van der Waals surface area contributed by atoms with Gasteiger partial charge >= 0.3 is 0 Å². The summed E-state index contributed by atoms with van der Waals surface area (Å²) >= 11 is 5.79. The first-order chi connectivity index (χ1) is 6.65. The van der Waals surface area contributed by atoms with E-state index in [0.717, 1.165) is 31.8 Å². The largest absolute Gasteiger partial charge is 0.341 e. The molecule has 0 bridgehead atoms. The van der Waals surface area contributed by atoms with Crippen LogP contribution in [0, 0.1) is 5.92 Å². The third-order valence-electron chi connectivity index (χ3n) is 3.08. The zero-order valence-electron chi connectivity index (χ0n) is 9.13. The summed E-state index contributed by atoms with van der Waals surface area (Å²) in [7, 11) is 0. The molecule has 0 saturated carbocycles. The minimum absolute atomic E-state index is 0.100. The highest BCUT2D eigenvalue weighted by Gasteiger charge is 2.22. The van der Waals surface area contributed by atoms with Gasteiger partial charge in [0.2, 0.25) is 5.91 Å². The normalized spacial score (nSPS) is 25.6. The average Bonchev–Trinajstić information content (AvgIpc) is 2.41. The van der Waals surface area contributed by atoms with E-state index in [-0.39, 0.29) is 11.3 Å². The van der Waals surface area contributed by atoms with Gasteiger partial charge in [-0.3, -0.25) is 4.79 Å². The zero-order valence-corrected chi connectivity index (χ0v) is 9.89. The van der Waals surface area contributed by atoms with Crippen LogP contribution in [0.25, 0.3) is 0 Å². The molecule has 3 heteroatoms. The third-order valence-corrected chi connectivity index (χ3v) is 3.26. The minimum Gasteiger partial charge on any atom is -0.341 e. The van der Waals surface area contributed by atoms with Crippen LogP contribution in [0.4, 0.5) is 0 Å². The van der Waals surface area contributed by atoms with Gasteiger partial charge in [0.15, 0.2) is 0 Å². The lowest BCUT2D eigenvalue weighted by Gasteiger charge is -2.21. The van der Waals surface area contributed by atoms with Crippen LogP contribution >= 0.6 is 11.6 Å². The predicted molar refractivity (Wildman–Crippen MR) is 59.5 cm³/mol. The topological polar surface area (TPSA) is 20.3 Å². The molecule has 0 aromatic rings. The van der Waals surface area contributed by atoms with Crippen LogP contribution in [0.5, 0.6) is 0 Å². The molecule has 1 saturated heterocycles. The van der Waals surface area contributed by atoms with Gasteiger partial charge in [0.05, 0.1) is 0 Å². The summed E-state index contributed by atoms with van der Waals surface area (Å²) in [5.74, 6) is 0.904. The lowest BCUT2D eigenvalue weighted by molar-refractivity contribution is -0.130. The molecule has 2 atom stereocenters. The first kappa shape index (κ1) is 11.8. The van der Waals surface area contributed by atoms with Gasteiger partial charge in [0.1, 0.15) is 5.38 Å². The molecule has 2 nitrogen and oxygen atoms in total. The van der Waals surface area contributed by atoms with E-state index >= 15 is 0 Å². The summed E-state index contributed by atoms with van der Waals surface area (Å²) < 4.78 is 0. The number of hydrogen-bond donors (Lipinski definition) is 0. The SMILES string of the molecule is CCC1CCCN(C(=O)C(C)Cl)CC1. The summed E-state index contributed by atoms with van der Waals surface area (Å²) in [4.78, 5) is 13.6. The Bertz CT molecular complexity index is 194. The molecule has 0 aromatic carbocycles.